The topological polar surface area (TPSA) is 90.7 Å². The van der Waals surface area contributed by atoms with Crippen LogP contribution in [0.3, 0.4) is 0 Å². The van der Waals surface area contributed by atoms with Gasteiger partial charge >= 0.3 is 0 Å². The Morgan fingerprint density at radius 3 is 2.76 bits per heavy atom. The van der Waals surface area contributed by atoms with Gasteiger partial charge in [-0.2, -0.15) is 0 Å². The Bertz CT molecular complexity index is 1380. The number of hydrogen-bond donors (Lipinski definition) is 1. The molecule has 0 bridgehead atoms. The van der Waals surface area contributed by atoms with Gasteiger partial charge < -0.3 is 14.6 Å². The number of benzene rings is 2. The third-order valence-corrected chi connectivity index (χ3v) is 7.84. The highest BCUT2D eigenvalue weighted by molar-refractivity contribution is 5.96. The number of aromatic nitrogens is 2. The van der Waals surface area contributed by atoms with Gasteiger partial charge in [0, 0.05) is 19.6 Å². The second-order valence-electron chi connectivity index (χ2n) is 10.2. The van der Waals surface area contributed by atoms with E-state index in [-0.39, 0.29) is 42.1 Å². The van der Waals surface area contributed by atoms with Gasteiger partial charge in [0.25, 0.3) is 5.56 Å². The Morgan fingerprint density at radius 2 is 2.03 bits per heavy atom. The van der Waals surface area contributed by atoms with E-state index in [0.29, 0.717) is 36.8 Å². The zero-order valence-corrected chi connectivity index (χ0v) is 21.3. The summed E-state index contributed by atoms with van der Waals surface area (Å²) in [6.45, 7) is 5.29. The van der Waals surface area contributed by atoms with Crippen LogP contribution in [-0.2, 0) is 15.9 Å². The van der Waals surface area contributed by atoms with Gasteiger partial charge in [-0.05, 0) is 86.4 Å². The molecule has 2 aliphatic heterocycles. The fourth-order valence-electron chi connectivity index (χ4n) is 5.48. The SMILES string of the molecule is Cc1c(Cc2ccc(C(=O)CC[C@H]3CCCO3)c(F)c2)cc2c(=O)n([C@H]3CCOC[C@@H]3O)cnc2c1C. The lowest BCUT2D eigenvalue weighted by atomic mass is 9.93. The van der Waals surface area contributed by atoms with Crippen LogP contribution >= 0.6 is 0 Å². The number of aryl methyl sites for hydroxylation is 1. The van der Waals surface area contributed by atoms with Gasteiger partial charge in [-0.3, -0.25) is 14.2 Å². The van der Waals surface area contributed by atoms with Crippen molar-refractivity contribution >= 4 is 16.7 Å². The van der Waals surface area contributed by atoms with Crippen LogP contribution in [0.25, 0.3) is 10.9 Å². The van der Waals surface area contributed by atoms with Gasteiger partial charge in [0.15, 0.2) is 5.78 Å². The molecule has 0 aliphatic carbocycles. The van der Waals surface area contributed by atoms with E-state index in [1.807, 2.05) is 19.9 Å². The Balaban J connectivity index is 1.40. The minimum Gasteiger partial charge on any atom is -0.389 e. The van der Waals surface area contributed by atoms with E-state index in [1.165, 1.54) is 17.0 Å². The van der Waals surface area contributed by atoms with Crippen LogP contribution in [0.2, 0.25) is 0 Å². The zero-order chi connectivity index (χ0) is 26.1. The summed E-state index contributed by atoms with van der Waals surface area (Å²) in [6.07, 6.45) is 4.64. The fourth-order valence-corrected chi connectivity index (χ4v) is 5.48. The number of Topliss-reactive ketones (excluding diaryl/α,β-unsaturated/α-hetero) is 1. The summed E-state index contributed by atoms with van der Waals surface area (Å²) in [5.74, 6) is -0.735. The molecule has 37 heavy (non-hydrogen) atoms. The third-order valence-electron chi connectivity index (χ3n) is 7.84. The molecule has 8 heteroatoms. The van der Waals surface area contributed by atoms with Gasteiger partial charge in [-0.15, -0.1) is 0 Å². The maximum absolute atomic E-state index is 14.9. The second-order valence-corrected chi connectivity index (χ2v) is 10.2. The smallest absolute Gasteiger partial charge is 0.261 e. The van der Waals surface area contributed by atoms with E-state index >= 15 is 0 Å². The van der Waals surface area contributed by atoms with Crippen molar-refractivity contribution in [1.82, 2.24) is 9.55 Å². The minimum absolute atomic E-state index is 0.0965. The number of hydrogen-bond acceptors (Lipinski definition) is 6. The largest absolute Gasteiger partial charge is 0.389 e. The number of nitrogens with zero attached hydrogens (tertiary/aromatic N) is 2. The number of halogens is 1. The summed E-state index contributed by atoms with van der Waals surface area (Å²) in [5, 5.41) is 10.8. The highest BCUT2D eigenvalue weighted by atomic mass is 19.1. The first kappa shape index (κ1) is 25.7. The lowest BCUT2D eigenvalue weighted by Gasteiger charge is -2.29. The lowest BCUT2D eigenvalue weighted by molar-refractivity contribution is -0.0395. The molecule has 0 amide bonds. The normalized spacial score (nSPS) is 22.0. The van der Waals surface area contributed by atoms with Gasteiger partial charge in [-0.25, -0.2) is 9.37 Å². The molecule has 0 saturated carbocycles. The Hall–Kier alpha value is -2.94. The van der Waals surface area contributed by atoms with Crippen molar-refractivity contribution in [2.75, 3.05) is 19.8 Å². The Kier molecular flexibility index (Phi) is 7.51. The number of ketones is 1. The standard InChI is InChI=1S/C29H33FN2O5/c1-17-18(2)28-23(29(35)32(16-31-28)25-9-11-36-15-27(25)34)14-20(17)12-19-5-7-22(24(30)13-19)26(33)8-6-21-4-3-10-37-21/h5,7,13-14,16,21,25,27,34H,3-4,6,8-12,15H2,1-2H3/t21-,25+,27+/m1/s1. The summed E-state index contributed by atoms with van der Waals surface area (Å²) in [4.78, 5) is 30.6. The number of fused-ring (bicyclic) bond motifs is 1. The molecule has 3 heterocycles. The second kappa shape index (κ2) is 10.8. The highest BCUT2D eigenvalue weighted by Crippen LogP contribution is 2.27. The molecule has 1 aromatic heterocycles. The van der Waals surface area contributed by atoms with Crippen molar-refractivity contribution in [3.63, 3.8) is 0 Å². The van der Waals surface area contributed by atoms with E-state index in [4.69, 9.17) is 9.47 Å². The van der Waals surface area contributed by atoms with Crippen molar-refractivity contribution in [1.29, 1.82) is 0 Å². The first-order chi connectivity index (χ1) is 17.8. The molecular weight excluding hydrogens is 475 g/mol. The zero-order valence-electron chi connectivity index (χ0n) is 21.3. The van der Waals surface area contributed by atoms with Crippen molar-refractivity contribution in [2.45, 2.75) is 70.6 Å². The van der Waals surface area contributed by atoms with Crippen LogP contribution in [0.1, 0.15) is 70.8 Å². The molecule has 2 fully saturated rings. The van der Waals surface area contributed by atoms with Crippen LogP contribution in [0.15, 0.2) is 35.4 Å². The molecule has 5 rings (SSSR count). The predicted octanol–water partition coefficient (Wildman–Crippen LogP) is 4.21. The van der Waals surface area contributed by atoms with E-state index < -0.39 is 11.9 Å². The lowest BCUT2D eigenvalue weighted by Crippen LogP contribution is -2.39. The van der Waals surface area contributed by atoms with Crippen LogP contribution in [0, 0.1) is 19.7 Å². The van der Waals surface area contributed by atoms with E-state index in [1.54, 1.807) is 12.1 Å². The average molecular weight is 509 g/mol. The van der Waals surface area contributed by atoms with Gasteiger partial charge in [0.1, 0.15) is 5.82 Å². The number of aliphatic hydroxyl groups excluding tert-OH is 1. The minimum atomic E-state index is -0.772. The molecule has 2 aliphatic rings. The van der Waals surface area contributed by atoms with Crippen LogP contribution in [-0.4, -0.2) is 52.5 Å². The van der Waals surface area contributed by atoms with Crippen molar-refractivity contribution in [3.8, 4) is 0 Å². The van der Waals surface area contributed by atoms with Crippen molar-refractivity contribution in [2.24, 2.45) is 0 Å². The number of carbonyl (C=O) groups is 1. The first-order valence-corrected chi connectivity index (χ1v) is 13.0. The molecule has 2 aromatic carbocycles. The van der Waals surface area contributed by atoms with Gasteiger partial charge in [0.05, 0.1) is 47.7 Å². The number of aliphatic hydroxyl groups is 1. The molecule has 196 valence electrons. The van der Waals surface area contributed by atoms with Crippen LogP contribution < -0.4 is 5.56 Å². The van der Waals surface area contributed by atoms with Gasteiger partial charge in [0.2, 0.25) is 0 Å². The van der Waals surface area contributed by atoms with E-state index in [9.17, 15) is 19.1 Å². The molecule has 1 N–H and O–H groups in total. The summed E-state index contributed by atoms with van der Waals surface area (Å²) in [5.41, 5.74) is 4.02. The quantitative estimate of drug-likeness (QED) is 0.481. The summed E-state index contributed by atoms with van der Waals surface area (Å²) >= 11 is 0. The molecule has 2 saturated heterocycles. The predicted molar refractivity (Wildman–Crippen MR) is 138 cm³/mol. The highest BCUT2D eigenvalue weighted by Gasteiger charge is 2.27. The summed E-state index contributed by atoms with van der Waals surface area (Å²) in [7, 11) is 0. The molecule has 0 radical (unpaired) electrons. The van der Waals surface area contributed by atoms with Crippen LogP contribution in [0.4, 0.5) is 4.39 Å². The monoisotopic (exact) mass is 508 g/mol. The Morgan fingerprint density at radius 1 is 1.19 bits per heavy atom. The first-order valence-electron chi connectivity index (χ1n) is 13.0. The molecule has 0 unspecified atom stereocenters. The van der Waals surface area contributed by atoms with E-state index in [0.717, 1.165) is 41.7 Å². The molecular formula is C29H33FN2O5. The Labute approximate surface area is 215 Å². The summed E-state index contributed by atoms with van der Waals surface area (Å²) in [6, 6.07) is 6.20. The molecule has 3 aromatic rings. The maximum atomic E-state index is 14.9. The average Bonchev–Trinajstić information content (AvgIpc) is 3.41. The molecule has 7 nitrogen and oxygen atoms in total. The molecule has 0 spiro atoms. The number of carbonyl (C=O) groups excluding carboxylic acids is 1. The van der Waals surface area contributed by atoms with E-state index in [2.05, 4.69) is 4.98 Å². The third kappa shape index (κ3) is 5.23. The summed E-state index contributed by atoms with van der Waals surface area (Å²) < 4.78 is 27.3. The number of ether oxygens (including phenoxy) is 2. The van der Waals surface area contributed by atoms with Crippen molar-refractivity contribution < 1.29 is 23.8 Å². The van der Waals surface area contributed by atoms with Crippen LogP contribution in [0.5, 0.6) is 0 Å². The van der Waals surface area contributed by atoms with Crippen molar-refractivity contribution in [3.05, 3.63) is 74.6 Å². The molecule has 3 atom stereocenters. The van der Waals surface area contributed by atoms with Gasteiger partial charge in [-0.1, -0.05) is 6.07 Å². The fraction of sp³-hybridized carbons (Fsp3) is 0.483. The number of rotatable bonds is 7. The maximum Gasteiger partial charge on any atom is 0.261 e.